The number of carbonyl (C=O) groups excluding carboxylic acids is 3. The number of esters is 1. The monoisotopic (exact) mass is 468 g/mol. The molecule has 2 aliphatic rings. The Kier molecular flexibility index (Phi) is 7.10. The van der Waals surface area contributed by atoms with Gasteiger partial charge in [-0.1, -0.05) is 6.07 Å². The van der Waals surface area contributed by atoms with Crippen LogP contribution < -0.4 is 15.5 Å². The van der Waals surface area contributed by atoms with Crippen molar-refractivity contribution >= 4 is 34.8 Å². The van der Waals surface area contributed by atoms with Gasteiger partial charge in [0.15, 0.2) is 5.78 Å². The summed E-state index contributed by atoms with van der Waals surface area (Å²) in [6.07, 6.45) is 0. The molecule has 2 amide bonds. The third-order valence-electron chi connectivity index (χ3n) is 5.87. The molecule has 0 bridgehead atoms. The number of nitrogens with one attached hydrogen (secondary N) is 2. The van der Waals surface area contributed by atoms with Crippen molar-refractivity contribution in [1.29, 1.82) is 0 Å². The number of rotatable bonds is 7. The van der Waals surface area contributed by atoms with Gasteiger partial charge in [0.1, 0.15) is 0 Å². The van der Waals surface area contributed by atoms with E-state index in [2.05, 4.69) is 20.4 Å². The van der Waals surface area contributed by atoms with Crippen LogP contribution in [0.5, 0.6) is 0 Å². The molecular weight excluding hydrogens is 440 g/mol. The molecule has 1 aromatic heterocycles. The van der Waals surface area contributed by atoms with Crippen molar-refractivity contribution in [2.24, 2.45) is 0 Å². The molecule has 1 atom stereocenters. The Morgan fingerprint density at radius 2 is 1.85 bits per heavy atom. The Bertz CT molecular complexity index is 1040. The van der Waals surface area contributed by atoms with Crippen LogP contribution >= 0.6 is 11.3 Å². The Hall–Kier alpha value is -3.17. The van der Waals surface area contributed by atoms with Gasteiger partial charge in [0.2, 0.25) is 0 Å². The zero-order valence-electron chi connectivity index (χ0n) is 18.8. The number of urea groups is 1. The number of ether oxygens (including phenoxy) is 1. The zero-order valence-corrected chi connectivity index (χ0v) is 19.6. The first-order chi connectivity index (χ1) is 16.0. The van der Waals surface area contributed by atoms with Crippen LogP contribution in [0.2, 0.25) is 0 Å². The summed E-state index contributed by atoms with van der Waals surface area (Å²) in [5.41, 5.74) is 2.84. The van der Waals surface area contributed by atoms with Crippen molar-refractivity contribution in [3.8, 4) is 0 Å². The maximum absolute atomic E-state index is 12.9. The molecule has 4 rings (SSSR count). The van der Waals surface area contributed by atoms with Crippen LogP contribution in [0.15, 0.2) is 53.0 Å². The van der Waals surface area contributed by atoms with E-state index >= 15 is 0 Å². The number of ketones is 1. The second-order valence-electron chi connectivity index (χ2n) is 8.03. The summed E-state index contributed by atoms with van der Waals surface area (Å²) in [7, 11) is 0. The first-order valence-corrected chi connectivity index (χ1v) is 11.9. The molecule has 1 fully saturated rings. The van der Waals surface area contributed by atoms with Gasteiger partial charge in [-0.15, -0.1) is 11.3 Å². The molecular formula is C24H28N4O4S. The average Bonchev–Trinajstić information content (AvgIpc) is 3.34. The molecule has 0 spiro atoms. The number of hydrogen-bond donors (Lipinski definition) is 2. The second kappa shape index (κ2) is 10.2. The average molecular weight is 469 g/mol. The Balaban J connectivity index is 1.49. The number of Topliss-reactive ketones (excluding diaryl/α,β-unsaturated/α-hetero) is 1. The predicted octanol–water partition coefficient (Wildman–Crippen LogP) is 2.94. The molecule has 174 valence electrons. The normalized spacial score (nSPS) is 19.2. The molecule has 2 N–H and O–H groups in total. The smallest absolute Gasteiger partial charge is 0.338 e. The maximum Gasteiger partial charge on any atom is 0.338 e. The highest BCUT2D eigenvalue weighted by atomic mass is 32.1. The second-order valence-corrected chi connectivity index (χ2v) is 9.01. The largest absolute Gasteiger partial charge is 0.463 e. The van der Waals surface area contributed by atoms with Crippen molar-refractivity contribution in [2.75, 3.05) is 44.2 Å². The SMILES string of the molecule is CCOC(=O)C1=C(CN2CCN(c3ccc(C(C)=O)cc3)CC2)NC(=O)N[C@@H]1c1cccs1. The van der Waals surface area contributed by atoms with E-state index in [-0.39, 0.29) is 18.4 Å². The number of thiophene rings is 1. The van der Waals surface area contributed by atoms with Crippen LogP contribution in [0.25, 0.3) is 0 Å². The van der Waals surface area contributed by atoms with E-state index in [9.17, 15) is 14.4 Å². The van der Waals surface area contributed by atoms with Gasteiger partial charge >= 0.3 is 12.0 Å². The van der Waals surface area contributed by atoms with Crippen LogP contribution in [0, 0.1) is 0 Å². The van der Waals surface area contributed by atoms with E-state index in [1.54, 1.807) is 13.8 Å². The fourth-order valence-corrected chi connectivity index (χ4v) is 4.94. The number of carbonyl (C=O) groups is 3. The molecule has 2 aliphatic heterocycles. The minimum Gasteiger partial charge on any atom is -0.463 e. The van der Waals surface area contributed by atoms with Crippen LogP contribution in [0.3, 0.4) is 0 Å². The fraction of sp³-hybridized carbons (Fsp3) is 0.375. The van der Waals surface area contributed by atoms with Crippen LogP contribution in [0.4, 0.5) is 10.5 Å². The summed E-state index contributed by atoms with van der Waals surface area (Å²) in [5.74, 6) is -0.357. The molecule has 2 aromatic rings. The van der Waals surface area contributed by atoms with Crippen molar-refractivity contribution in [2.45, 2.75) is 19.9 Å². The summed E-state index contributed by atoms with van der Waals surface area (Å²) in [4.78, 5) is 42.2. The van der Waals surface area contributed by atoms with Gasteiger partial charge in [0.05, 0.1) is 18.2 Å². The van der Waals surface area contributed by atoms with Crippen molar-refractivity contribution in [3.63, 3.8) is 0 Å². The number of piperazine rings is 1. The molecule has 8 nitrogen and oxygen atoms in total. The summed E-state index contributed by atoms with van der Waals surface area (Å²) < 4.78 is 5.33. The highest BCUT2D eigenvalue weighted by Crippen LogP contribution is 2.31. The lowest BCUT2D eigenvalue weighted by Crippen LogP contribution is -2.51. The van der Waals surface area contributed by atoms with Crippen LogP contribution in [-0.4, -0.2) is 62.0 Å². The van der Waals surface area contributed by atoms with Gasteiger partial charge < -0.3 is 20.3 Å². The van der Waals surface area contributed by atoms with Crippen LogP contribution in [-0.2, 0) is 9.53 Å². The van der Waals surface area contributed by atoms with Crippen molar-refractivity contribution in [1.82, 2.24) is 15.5 Å². The Labute approximate surface area is 197 Å². The van der Waals surface area contributed by atoms with Crippen molar-refractivity contribution < 1.29 is 19.1 Å². The number of amides is 2. The van der Waals surface area contributed by atoms with Crippen molar-refractivity contribution in [3.05, 3.63) is 63.5 Å². The quantitative estimate of drug-likeness (QED) is 0.480. The summed E-state index contributed by atoms with van der Waals surface area (Å²) in [6, 6.07) is 10.6. The zero-order chi connectivity index (χ0) is 23.4. The van der Waals surface area contributed by atoms with E-state index in [1.807, 2.05) is 41.8 Å². The third-order valence-corrected chi connectivity index (χ3v) is 6.81. The highest BCUT2D eigenvalue weighted by Gasteiger charge is 2.35. The number of nitrogens with zero attached hydrogens (tertiary/aromatic N) is 2. The third kappa shape index (κ3) is 5.26. The highest BCUT2D eigenvalue weighted by molar-refractivity contribution is 7.10. The van der Waals surface area contributed by atoms with Gasteiger partial charge in [-0.2, -0.15) is 0 Å². The molecule has 9 heteroatoms. The standard InChI is InChI=1S/C24H28N4O4S/c1-3-32-23(30)21-19(25-24(31)26-22(21)20-5-4-14-33-20)15-27-10-12-28(13-11-27)18-8-6-17(7-9-18)16(2)29/h4-9,14,22H,3,10-13,15H2,1-2H3,(H2,25,26,31)/t22-/m1/s1. The van der Waals surface area contributed by atoms with Gasteiger partial charge in [0.25, 0.3) is 0 Å². The Morgan fingerprint density at radius 1 is 1.12 bits per heavy atom. The molecule has 1 saturated heterocycles. The fourth-order valence-electron chi connectivity index (χ4n) is 4.16. The molecule has 1 aromatic carbocycles. The first kappa shape index (κ1) is 23.0. The summed E-state index contributed by atoms with van der Waals surface area (Å²) in [6.45, 7) is 7.24. The molecule has 0 aliphatic carbocycles. The van der Waals surface area contributed by atoms with E-state index in [1.165, 1.54) is 11.3 Å². The molecule has 0 radical (unpaired) electrons. The minimum atomic E-state index is -0.520. The van der Waals surface area contributed by atoms with E-state index in [4.69, 9.17) is 4.74 Å². The maximum atomic E-state index is 12.9. The van der Waals surface area contributed by atoms with E-state index in [0.29, 0.717) is 23.4 Å². The van der Waals surface area contributed by atoms with Gasteiger partial charge in [-0.3, -0.25) is 9.69 Å². The first-order valence-electron chi connectivity index (χ1n) is 11.1. The Morgan fingerprint density at radius 3 is 2.45 bits per heavy atom. The van der Waals surface area contributed by atoms with Crippen LogP contribution in [0.1, 0.15) is 35.1 Å². The topological polar surface area (TPSA) is 91.0 Å². The minimum absolute atomic E-state index is 0.0573. The molecule has 0 unspecified atom stereocenters. The summed E-state index contributed by atoms with van der Waals surface area (Å²) >= 11 is 1.49. The molecule has 33 heavy (non-hydrogen) atoms. The number of anilines is 1. The van der Waals surface area contributed by atoms with Gasteiger partial charge in [0, 0.05) is 54.5 Å². The van der Waals surface area contributed by atoms with Gasteiger partial charge in [-0.05, 0) is 49.6 Å². The molecule has 3 heterocycles. The number of hydrogen-bond acceptors (Lipinski definition) is 7. The number of benzene rings is 1. The van der Waals surface area contributed by atoms with E-state index < -0.39 is 12.0 Å². The summed E-state index contributed by atoms with van der Waals surface area (Å²) in [5, 5.41) is 7.64. The van der Waals surface area contributed by atoms with E-state index in [0.717, 1.165) is 36.7 Å². The lowest BCUT2D eigenvalue weighted by atomic mass is 10.0. The predicted molar refractivity (Wildman–Crippen MR) is 127 cm³/mol. The van der Waals surface area contributed by atoms with Gasteiger partial charge in [-0.25, -0.2) is 9.59 Å². The lowest BCUT2D eigenvalue weighted by molar-refractivity contribution is -0.139. The molecule has 0 saturated carbocycles. The lowest BCUT2D eigenvalue weighted by Gasteiger charge is -2.38.